The lowest BCUT2D eigenvalue weighted by Crippen LogP contribution is -2.46. The molecule has 24 heavy (non-hydrogen) atoms. The lowest BCUT2D eigenvalue weighted by Gasteiger charge is -2.36. The van der Waals surface area contributed by atoms with Gasteiger partial charge >= 0.3 is 0 Å². The molecule has 0 saturated carbocycles. The van der Waals surface area contributed by atoms with Crippen LogP contribution in [0.25, 0.3) is 0 Å². The van der Waals surface area contributed by atoms with Gasteiger partial charge < -0.3 is 4.90 Å². The monoisotopic (exact) mass is 329 g/mol. The van der Waals surface area contributed by atoms with Crippen LogP contribution >= 0.6 is 0 Å². The minimum Gasteiger partial charge on any atom is -0.338 e. The van der Waals surface area contributed by atoms with Crippen molar-refractivity contribution in [3.63, 3.8) is 0 Å². The highest BCUT2D eigenvalue weighted by Gasteiger charge is 2.28. The van der Waals surface area contributed by atoms with Crippen molar-refractivity contribution in [3.8, 4) is 0 Å². The molecule has 1 saturated heterocycles. The van der Waals surface area contributed by atoms with Crippen molar-refractivity contribution in [2.75, 3.05) is 6.54 Å². The Hall–Kier alpha value is -2.11. The minimum absolute atomic E-state index is 0.211. The summed E-state index contributed by atoms with van der Waals surface area (Å²) in [4.78, 5) is 15.0. The first-order chi connectivity index (χ1) is 11.5. The van der Waals surface area contributed by atoms with Crippen molar-refractivity contribution in [2.24, 2.45) is 7.05 Å². The first-order valence-corrected chi connectivity index (χ1v) is 8.73. The maximum atomic E-state index is 12.9. The molecule has 0 N–H and O–H groups in total. The van der Waals surface area contributed by atoms with E-state index in [0.717, 1.165) is 48.4 Å². The summed E-state index contributed by atoms with van der Waals surface area (Å²) in [7, 11) is 1.93. The lowest BCUT2D eigenvalue weighted by molar-refractivity contribution is -0.134. The molecule has 2 aromatic heterocycles. The van der Waals surface area contributed by atoms with Gasteiger partial charge in [-0.3, -0.25) is 14.2 Å². The van der Waals surface area contributed by atoms with Gasteiger partial charge in [-0.2, -0.15) is 10.2 Å². The van der Waals surface area contributed by atoms with E-state index < -0.39 is 0 Å². The number of carbonyl (C=O) groups excluding carboxylic acids is 1. The Balaban J connectivity index is 1.73. The molecule has 1 amide bonds. The van der Waals surface area contributed by atoms with Crippen LogP contribution in [0, 0.1) is 20.8 Å². The SMILES string of the molecule is Cc1cnn(C[C@@H]2CCCCN2C(=O)Cc2c(C)nn(C)c2C)c1. The number of nitrogens with zero attached hydrogens (tertiary/aromatic N) is 5. The van der Waals surface area contributed by atoms with Crippen LogP contribution in [0.4, 0.5) is 0 Å². The molecule has 2 aromatic rings. The average Bonchev–Trinajstić information content (AvgIpc) is 3.06. The number of amides is 1. The summed E-state index contributed by atoms with van der Waals surface area (Å²) >= 11 is 0. The quantitative estimate of drug-likeness (QED) is 0.864. The molecule has 0 aromatic carbocycles. The molecule has 0 radical (unpaired) electrons. The maximum Gasteiger partial charge on any atom is 0.227 e. The van der Waals surface area contributed by atoms with Crippen molar-refractivity contribution < 1.29 is 4.79 Å². The number of likely N-dealkylation sites (tertiary alicyclic amines) is 1. The summed E-state index contributed by atoms with van der Waals surface area (Å²) in [6.07, 6.45) is 7.69. The topological polar surface area (TPSA) is 56.0 Å². The Labute approximate surface area is 143 Å². The highest BCUT2D eigenvalue weighted by Crippen LogP contribution is 2.21. The molecule has 6 nitrogen and oxygen atoms in total. The third-order valence-corrected chi connectivity index (χ3v) is 5.09. The van der Waals surface area contributed by atoms with Crippen LogP contribution in [0.2, 0.25) is 0 Å². The van der Waals surface area contributed by atoms with Gasteiger partial charge in [0.25, 0.3) is 0 Å². The smallest absolute Gasteiger partial charge is 0.227 e. The molecule has 6 heteroatoms. The maximum absolute atomic E-state index is 12.9. The van der Waals surface area contributed by atoms with E-state index in [-0.39, 0.29) is 11.9 Å². The number of aryl methyl sites for hydroxylation is 3. The number of hydrogen-bond donors (Lipinski definition) is 0. The highest BCUT2D eigenvalue weighted by molar-refractivity contribution is 5.79. The summed E-state index contributed by atoms with van der Waals surface area (Å²) in [5, 5.41) is 8.81. The molecule has 0 aliphatic carbocycles. The molecule has 130 valence electrons. The molecule has 0 spiro atoms. The van der Waals surface area contributed by atoms with Gasteiger partial charge in [0.15, 0.2) is 0 Å². The van der Waals surface area contributed by atoms with Gasteiger partial charge in [0, 0.05) is 31.0 Å². The van der Waals surface area contributed by atoms with Gasteiger partial charge in [-0.1, -0.05) is 0 Å². The summed E-state index contributed by atoms with van der Waals surface area (Å²) in [6.45, 7) is 7.69. The van der Waals surface area contributed by atoms with Crippen LogP contribution in [0.3, 0.4) is 0 Å². The molecule has 0 unspecified atom stereocenters. The first-order valence-electron chi connectivity index (χ1n) is 8.73. The zero-order valence-corrected chi connectivity index (χ0v) is 15.1. The second-order valence-corrected chi connectivity index (χ2v) is 6.93. The Morgan fingerprint density at radius 2 is 2.08 bits per heavy atom. The third kappa shape index (κ3) is 3.37. The molecule has 1 aliphatic rings. The zero-order valence-electron chi connectivity index (χ0n) is 15.1. The highest BCUT2D eigenvalue weighted by atomic mass is 16.2. The predicted molar refractivity (Wildman–Crippen MR) is 92.7 cm³/mol. The predicted octanol–water partition coefficient (Wildman–Crippen LogP) is 2.17. The van der Waals surface area contributed by atoms with Crippen LogP contribution in [-0.4, -0.2) is 43.0 Å². The summed E-state index contributed by atoms with van der Waals surface area (Å²) in [6, 6.07) is 0.239. The third-order valence-electron chi connectivity index (χ3n) is 5.09. The molecule has 0 bridgehead atoms. The molecule has 1 aliphatic heterocycles. The first kappa shape index (κ1) is 16.7. The van der Waals surface area contributed by atoms with Crippen molar-refractivity contribution >= 4 is 5.91 Å². The molecular formula is C18H27N5O. The van der Waals surface area contributed by atoms with Gasteiger partial charge in [0.2, 0.25) is 5.91 Å². The molecule has 3 heterocycles. The normalized spacial score (nSPS) is 18.2. The Bertz CT molecular complexity index is 730. The molecular weight excluding hydrogens is 302 g/mol. The van der Waals surface area contributed by atoms with E-state index in [1.165, 1.54) is 6.42 Å². The minimum atomic E-state index is 0.211. The zero-order chi connectivity index (χ0) is 17.3. The molecule has 1 fully saturated rings. The Morgan fingerprint density at radius 3 is 2.71 bits per heavy atom. The van der Waals surface area contributed by atoms with E-state index in [4.69, 9.17) is 0 Å². The Kier molecular flexibility index (Phi) is 4.73. The van der Waals surface area contributed by atoms with Gasteiger partial charge in [-0.25, -0.2) is 0 Å². The van der Waals surface area contributed by atoms with Gasteiger partial charge in [0.05, 0.1) is 30.9 Å². The van der Waals surface area contributed by atoms with Crippen molar-refractivity contribution in [1.82, 2.24) is 24.5 Å². The van der Waals surface area contributed by atoms with Gasteiger partial charge in [-0.05, 0) is 45.6 Å². The van der Waals surface area contributed by atoms with Crippen LogP contribution in [0.15, 0.2) is 12.4 Å². The van der Waals surface area contributed by atoms with Gasteiger partial charge in [-0.15, -0.1) is 0 Å². The van der Waals surface area contributed by atoms with Crippen LogP contribution in [0.1, 0.15) is 41.8 Å². The number of hydrogen-bond acceptors (Lipinski definition) is 3. The average molecular weight is 329 g/mol. The van der Waals surface area contributed by atoms with Crippen molar-refractivity contribution in [3.05, 3.63) is 34.9 Å². The van der Waals surface area contributed by atoms with E-state index in [9.17, 15) is 4.79 Å². The number of rotatable bonds is 4. The summed E-state index contributed by atoms with van der Waals surface area (Å²) in [5.41, 5.74) is 4.27. The lowest BCUT2D eigenvalue weighted by atomic mass is 10.00. The summed E-state index contributed by atoms with van der Waals surface area (Å²) in [5.74, 6) is 0.211. The number of carbonyl (C=O) groups is 1. The number of piperidine rings is 1. The standard InChI is InChI=1S/C18H27N5O/c1-13-10-19-22(11-13)12-16-7-5-6-8-23(16)18(24)9-17-14(2)20-21(4)15(17)3/h10-11,16H,5-9,12H2,1-4H3/t16-/m0/s1. The van der Waals surface area contributed by atoms with Crippen molar-refractivity contribution in [2.45, 2.75) is 59.0 Å². The van der Waals surface area contributed by atoms with Gasteiger partial charge in [0.1, 0.15) is 0 Å². The van der Waals surface area contributed by atoms with E-state index in [1.807, 2.05) is 49.6 Å². The van der Waals surface area contributed by atoms with E-state index >= 15 is 0 Å². The second kappa shape index (κ2) is 6.79. The summed E-state index contributed by atoms with van der Waals surface area (Å²) < 4.78 is 3.82. The largest absolute Gasteiger partial charge is 0.338 e. The van der Waals surface area contributed by atoms with Crippen LogP contribution in [-0.2, 0) is 24.8 Å². The van der Waals surface area contributed by atoms with Crippen LogP contribution < -0.4 is 0 Å². The molecule has 3 rings (SSSR count). The van der Waals surface area contributed by atoms with Crippen molar-refractivity contribution in [1.29, 1.82) is 0 Å². The fraction of sp³-hybridized carbons (Fsp3) is 0.611. The second-order valence-electron chi connectivity index (χ2n) is 6.93. The molecule has 1 atom stereocenters. The number of aromatic nitrogens is 4. The van der Waals surface area contributed by atoms with Crippen LogP contribution in [0.5, 0.6) is 0 Å². The Morgan fingerprint density at radius 1 is 1.29 bits per heavy atom. The van der Waals surface area contributed by atoms with E-state index in [1.54, 1.807) is 0 Å². The fourth-order valence-electron chi connectivity index (χ4n) is 3.63. The fourth-order valence-corrected chi connectivity index (χ4v) is 3.63. The van der Waals surface area contributed by atoms with E-state index in [0.29, 0.717) is 6.42 Å². The van der Waals surface area contributed by atoms with E-state index in [2.05, 4.69) is 15.1 Å².